The van der Waals surface area contributed by atoms with E-state index in [0.29, 0.717) is 12.0 Å². The van der Waals surface area contributed by atoms with E-state index in [1.165, 1.54) is 51.3 Å². The Morgan fingerprint density at radius 3 is 2.67 bits per heavy atom. The van der Waals surface area contributed by atoms with Crippen molar-refractivity contribution >= 4 is 11.7 Å². The number of aromatic nitrogens is 2. The van der Waals surface area contributed by atoms with Crippen molar-refractivity contribution in [3.63, 3.8) is 0 Å². The van der Waals surface area contributed by atoms with E-state index < -0.39 is 0 Å². The van der Waals surface area contributed by atoms with Crippen molar-refractivity contribution in [1.29, 1.82) is 0 Å². The number of hydrogen-bond acceptors (Lipinski definition) is 5. The van der Waals surface area contributed by atoms with Crippen LogP contribution in [0.5, 0.6) is 0 Å². The number of carbonyl (C=O) groups excluding carboxylic acids is 1. The maximum atomic E-state index is 12.7. The molecule has 0 spiro atoms. The van der Waals surface area contributed by atoms with E-state index in [1.54, 1.807) is 6.07 Å². The third kappa shape index (κ3) is 4.34. The van der Waals surface area contributed by atoms with Gasteiger partial charge in [0.1, 0.15) is 5.82 Å². The molecule has 0 saturated carbocycles. The van der Waals surface area contributed by atoms with Crippen LogP contribution in [-0.2, 0) is 4.79 Å². The van der Waals surface area contributed by atoms with Gasteiger partial charge in [0.25, 0.3) is 5.56 Å². The number of nitrogens with zero attached hydrogens (tertiary/aromatic N) is 3. The van der Waals surface area contributed by atoms with E-state index >= 15 is 0 Å². The summed E-state index contributed by atoms with van der Waals surface area (Å²) in [6.45, 7) is 4.92. The Hall–Kier alpha value is -1.89. The highest BCUT2D eigenvalue weighted by Gasteiger charge is 2.33. The molecule has 0 radical (unpaired) electrons. The molecule has 3 aliphatic heterocycles. The Bertz CT molecular complexity index is 675. The van der Waals surface area contributed by atoms with Crippen LogP contribution in [0.2, 0.25) is 0 Å². The van der Waals surface area contributed by atoms with Gasteiger partial charge >= 0.3 is 0 Å². The molecular formula is C20H31N5O2. The minimum absolute atomic E-state index is 0.0926. The maximum absolute atomic E-state index is 12.7. The molecule has 4 rings (SSSR count). The van der Waals surface area contributed by atoms with Crippen LogP contribution in [0.25, 0.3) is 0 Å². The van der Waals surface area contributed by atoms with E-state index in [-0.39, 0.29) is 17.4 Å². The summed E-state index contributed by atoms with van der Waals surface area (Å²) in [4.78, 5) is 28.6. The normalized spacial score (nSPS) is 27.2. The van der Waals surface area contributed by atoms with Gasteiger partial charge in [-0.2, -0.15) is 5.10 Å². The Morgan fingerprint density at radius 1 is 1.07 bits per heavy atom. The SMILES string of the molecule is O=C(NC[C@@H]1CCCN2CCCC[C@@H]12)C1CCN(c2ccc(=O)[nH]n2)CC1. The number of hydrogen-bond donors (Lipinski definition) is 2. The van der Waals surface area contributed by atoms with E-state index in [0.717, 1.165) is 38.3 Å². The number of aromatic amines is 1. The third-order valence-corrected chi connectivity index (χ3v) is 6.62. The fraction of sp³-hybridized carbons (Fsp3) is 0.750. The number of H-pyrrole nitrogens is 1. The Labute approximate surface area is 160 Å². The highest BCUT2D eigenvalue weighted by Crippen LogP contribution is 2.30. The topological polar surface area (TPSA) is 81.3 Å². The zero-order valence-electron chi connectivity index (χ0n) is 16.0. The van der Waals surface area contributed by atoms with Crippen molar-refractivity contribution in [3.05, 3.63) is 22.5 Å². The molecule has 4 heterocycles. The first-order valence-corrected chi connectivity index (χ1v) is 10.5. The first-order valence-electron chi connectivity index (χ1n) is 10.5. The number of carbonyl (C=O) groups is 1. The van der Waals surface area contributed by atoms with Gasteiger partial charge in [-0.25, -0.2) is 5.10 Å². The highest BCUT2D eigenvalue weighted by atomic mass is 16.2. The van der Waals surface area contributed by atoms with Gasteiger partial charge in [0.15, 0.2) is 0 Å². The first kappa shape index (κ1) is 18.5. The molecular weight excluding hydrogens is 342 g/mol. The van der Waals surface area contributed by atoms with Crippen LogP contribution in [0.15, 0.2) is 16.9 Å². The summed E-state index contributed by atoms with van der Waals surface area (Å²) < 4.78 is 0. The zero-order chi connectivity index (χ0) is 18.6. The first-order chi connectivity index (χ1) is 13.2. The van der Waals surface area contributed by atoms with E-state index in [1.807, 2.05) is 0 Å². The van der Waals surface area contributed by atoms with E-state index in [9.17, 15) is 9.59 Å². The molecule has 3 fully saturated rings. The molecule has 1 aromatic rings. The molecule has 0 unspecified atom stereocenters. The van der Waals surface area contributed by atoms with Gasteiger partial charge in [0.2, 0.25) is 5.91 Å². The second-order valence-electron chi connectivity index (χ2n) is 8.29. The van der Waals surface area contributed by atoms with Crippen LogP contribution in [0, 0.1) is 11.8 Å². The summed E-state index contributed by atoms with van der Waals surface area (Å²) in [7, 11) is 0. The minimum Gasteiger partial charge on any atom is -0.356 e. The van der Waals surface area contributed by atoms with Crippen molar-refractivity contribution in [2.24, 2.45) is 11.8 Å². The van der Waals surface area contributed by atoms with Gasteiger partial charge < -0.3 is 15.1 Å². The Morgan fingerprint density at radius 2 is 1.89 bits per heavy atom. The molecule has 1 amide bonds. The van der Waals surface area contributed by atoms with Gasteiger partial charge in [-0.3, -0.25) is 9.59 Å². The van der Waals surface area contributed by atoms with Crippen LogP contribution >= 0.6 is 0 Å². The van der Waals surface area contributed by atoms with Crippen LogP contribution in [0.1, 0.15) is 44.9 Å². The number of amides is 1. The molecule has 3 aliphatic rings. The summed E-state index contributed by atoms with van der Waals surface area (Å²) in [5, 5.41) is 9.84. The molecule has 2 atom stereocenters. The lowest BCUT2D eigenvalue weighted by Crippen LogP contribution is -2.51. The van der Waals surface area contributed by atoms with Crippen molar-refractivity contribution in [1.82, 2.24) is 20.4 Å². The van der Waals surface area contributed by atoms with Gasteiger partial charge in [0, 0.05) is 37.7 Å². The lowest BCUT2D eigenvalue weighted by Gasteiger charge is -2.44. The molecule has 0 aromatic carbocycles. The quantitative estimate of drug-likeness (QED) is 0.833. The lowest BCUT2D eigenvalue weighted by molar-refractivity contribution is -0.126. The van der Waals surface area contributed by atoms with Crippen LogP contribution < -0.4 is 15.8 Å². The molecule has 27 heavy (non-hydrogen) atoms. The molecule has 2 N–H and O–H groups in total. The van der Waals surface area contributed by atoms with Gasteiger partial charge in [0.05, 0.1) is 0 Å². The number of rotatable bonds is 4. The largest absolute Gasteiger partial charge is 0.356 e. The standard InChI is InChI=1S/C20H31N5O2/c26-19-7-6-18(22-23-19)25-12-8-15(9-13-25)20(27)21-14-16-4-3-11-24-10-2-1-5-17(16)24/h6-7,15-17H,1-5,8-14H2,(H,21,27)(H,23,26)/t16-,17-/m0/s1. The Balaban J connectivity index is 1.24. The smallest absolute Gasteiger partial charge is 0.264 e. The van der Waals surface area contributed by atoms with Crippen molar-refractivity contribution in [2.45, 2.75) is 51.0 Å². The lowest BCUT2D eigenvalue weighted by atomic mass is 9.83. The van der Waals surface area contributed by atoms with Gasteiger partial charge in [-0.05, 0) is 63.6 Å². The predicted molar refractivity (Wildman–Crippen MR) is 105 cm³/mol. The zero-order valence-corrected chi connectivity index (χ0v) is 16.0. The fourth-order valence-corrected chi connectivity index (χ4v) is 5.08. The van der Waals surface area contributed by atoms with E-state index in [4.69, 9.17) is 0 Å². The number of anilines is 1. The molecule has 0 bridgehead atoms. The summed E-state index contributed by atoms with van der Waals surface area (Å²) >= 11 is 0. The van der Waals surface area contributed by atoms with Crippen LogP contribution in [0.3, 0.4) is 0 Å². The molecule has 0 aliphatic carbocycles. The Kier molecular flexibility index (Phi) is 5.76. The van der Waals surface area contributed by atoms with Crippen molar-refractivity contribution in [2.75, 3.05) is 37.6 Å². The average molecular weight is 374 g/mol. The summed E-state index contributed by atoms with van der Waals surface area (Å²) in [5.41, 5.74) is -0.188. The molecule has 3 saturated heterocycles. The highest BCUT2D eigenvalue weighted by molar-refractivity contribution is 5.79. The van der Waals surface area contributed by atoms with Gasteiger partial charge in [-0.15, -0.1) is 0 Å². The fourth-order valence-electron chi connectivity index (χ4n) is 5.08. The minimum atomic E-state index is -0.188. The number of fused-ring (bicyclic) bond motifs is 1. The van der Waals surface area contributed by atoms with E-state index in [2.05, 4.69) is 25.3 Å². The second kappa shape index (κ2) is 8.42. The number of nitrogens with one attached hydrogen (secondary N) is 2. The molecule has 7 nitrogen and oxygen atoms in total. The third-order valence-electron chi connectivity index (χ3n) is 6.62. The second-order valence-corrected chi connectivity index (χ2v) is 8.29. The maximum Gasteiger partial charge on any atom is 0.264 e. The van der Waals surface area contributed by atoms with Crippen molar-refractivity contribution in [3.8, 4) is 0 Å². The predicted octanol–water partition coefficient (Wildman–Crippen LogP) is 1.37. The summed E-state index contributed by atoms with van der Waals surface area (Å²) in [6, 6.07) is 3.93. The van der Waals surface area contributed by atoms with Crippen molar-refractivity contribution < 1.29 is 4.79 Å². The average Bonchev–Trinajstić information content (AvgIpc) is 2.72. The monoisotopic (exact) mass is 373 g/mol. The summed E-state index contributed by atoms with van der Waals surface area (Å²) in [5.74, 6) is 1.72. The molecule has 148 valence electrons. The number of piperidine rings is 3. The molecule has 1 aromatic heterocycles. The summed E-state index contributed by atoms with van der Waals surface area (Å²) in [6.07, 6.45) is 8.16. The van der Waals surface area contributed by atoms with Crippen LogP contribution in [0.4, 0.5) is 5.82 Å². The molecule has 7 heteroatoms. The van der Waals surface area contributed by atoms with Crippen LogP contribution in [-0.4, -0.2) is 59.8 Å². The van der Waals surface area contributed by atoms with Gasteiger partial charge in [-0.1, -0.05) is 6.42 Å².